The van der Waals surface area contributed by atoms with Gasteiger partial charge < -0.3 is 10.6 Å². The minimum Gasteiger partial charge on any atom is -0.364 e. The third-order valence-corrected chi connectivity index (χ3v) is 6.60. The number of hydrazone groups is 1. The number of halogens is 2. The molecule has 1 aromatic carbocycles. The molecule has 8 nitrogen and oxygen atoms in total. The lowest BCUT2D eigenvalue weighted by molar-refractivity contribution is -0.137. The van der Waals surface area contributed by atoms with Gasteiger partial charge in [0.2, 0.25) is 11.9 Å². The molecular formula is C22H22F2N6O2. The Kier molecular flexibility index (Phi) is 5.07. The summed E-state index contributed by atoms with van der Waals surface area (Å²) in [5, 5.41) is 5.61. The molecule has 4 atom stereocenters. The number of carbonyl (C=O) groups excluding carboxylic acids is 2. The molecule has 5 rings (SSSR count). The minimum absolute atomic E-state index is 0.110. The van der Waals surface area contributed by atoms with Crippen LogP contribution in [0.4, 0.5) is 14.7 Å². The Morgan fingerprint density at radius 1 is 1.06 bits per heavy atom. The third kappa shape index (κ3) is 3.69. The monoisotopic (exact) mass is 440 g/mol. The first-order chi connectivity index (χ1) is 15.4. The van der Waals surface area contributed by atoms with E-state index in [9.17, 15) is 18.4 Å². The molecule has 166 valence electrons. The predicted molar refractivity (Wildman–Crippen MR) is 112 cm³/mol. The van der Waals surface area contributed by atoms with Gasteiger partial charge in [0.1, 0.15) is 17.3 Å². The van der Waals surface area contributed by atoms with E-state index in [0.29, 0.717) is 55.7 Å². The number of nitrogens with zero attached hydrogens (tertiary/aromatic N) is 5. The Bertz CT molecular complexity index is 1080. The number of amides is 2. The van der Waals surface area contributed by atoms with Gasteiger partial charge in [-0.3, -0.25) is 9.59 Å². The van der Waals surface area contributed by atoms with E-state index in [1.54, 1.807) is 6.21 Å². The van der Waals surface area contributed by atoms with E-state index in [-0.39, 0.29) is 17.5 Å². The van der Waals surface area contributed by atoms with Crippen LogP contribution in [0.2, 0.25) is 0 Å². The quantitative estimate of drug-likeness (QED) is 0.785. The van der Waals surface area contributed by atoms with Crippen LogP contribution in [0.15, 0.2) is 35.6 Å². The van der Waals surface area contributed by atoms with Gasteiger partial charge in [-0.2, -0.15) is 5.10 Å². The van der Waals surface area contributed by atoms with Crippen LogP contribution < -0.4 is 10.6 Å². The maximum Gasteiger partial charge on any atom is 0.267 e. The first-order valence-electron chi connectivity index (χ1n) is 10.6. The second-order valence-electron chi connectivity index (χ2n) is 8.63. The summed E-state index contributed by atoms with van der Waals surface area (Å²) in [7, 11) is 0. The summed E-state index contributed by atoms with van der Waals surface area (Å²) in [5.74, 6) is -1.19. The van der Waals surface area contributed by atoms with Crippen molar-refractivity contribution in [3.63, 3.8) is 0 Å². The van der Waals surface area contributed by atoms with Crippen LogP contribution in [-0.4, -0.2) is 46.1 Å². The van der Waals surface area contributed by atoms with E-state index in [1.807, 2.05) is 4.90 Å². The average molecular weight is 440 g/mol. The smallest absolute Gasteiger partial charge is 0.267 e. The highest BCUT2D eigenvalue weighted by Crippen LogP contribution is 2.44. The van der Waals surface area contributed by atoms with Gasteiger partial charge in [-0.05, 0) is 48.4 Å². The molecule has 1 saturated carbocycles. The average Bonchev–Trinajstić information content (AvgIpc) is 3.47. The number of benzene rings is 1. The zero-order chi connectivity index (χ0) is 22.4. The Morgan fingerprint density at radius 3 is 2.41 bits per heavy atom. The molecule has 2 N–H and O–H groups in total. The van der Waals surface area contributed by atoms with Gasteiger partial charge in [0, 0.05) is 43.9 Å². The second-order valence-corrected chi connectivity index (χ2v) is 8.63. The molecule has 2 fully saturated rings. The van der Waals surface area contributed by atoms with E-state index in [0.717, 1.165) is 6.07 Å². The van der Waals surface area contributed by atoms with E-state index in [2.05, 4.69) is 15.1 Å². The van der Waals surface area contributed by atoms with Crippen molar-refractivity contribution in [2.45, 2.75) is 25.3 Å². The maximum atomic E-state index is 13.7. The molecule has 1 unspecified atom stereocenters. The molecule has 1 aliphatic carbocycles. The first kappa shape index (κ1) is 20.5. The highest BCUT2D eigenvalue weighted by Gasteiger charge is 2.46. The standard InChI is InChI=1S/C22H22F2N6O2/c23-16-7-12(8-17(24)9-16)19-2-4-27-30(19)21(32)13-5-14-10-29(11-15(14)6-13)22-26-3-1-18(28-22)20(25)31/h1,3-4,7-9,13-15,19H,2,5-6,10-11H2,(H2,25,31)/t13?,14-,15+,19-/m0/s1. The lowest BCUT2D eigenvalue weighted by atomic mass is 10.0. The van der Waals surface area contributed by atoms with Crippen LogP contribution in [0.3, 0.4) is 0 Å². The molecule has 2 aliphatic heterocycles. The fourth-order valence-corrected chi connectivity index (χ4v) is 5.16. The van der Waals surface area contributed by atoms with Gasteiger partial charge in [0.05, 0.1) is 6.04 Å². The van der Waals surface area contributed by atoms with Gasteiger partial charge >= 0.3 is 0 Å². The SMILES string of the molecule is NC(=O)c1ccnc(N2C[C@H]3CC(C(=O)N4N=CC[C@H]4c4cc(F)cc(F)c4)C[C@H]3C2)n1. The Labute approximate surface area is 183 Å². The minimum atomic E-state index is -0.669. The number of hydrogen-bond donors (Lipinski definition) is 1. The number of nitrogens with two attached hydrogens (primary N) is 1. The molecule has 2 amide bonds. The van der Waals surface area contributed by atoms with Crippen molar-refractivity contribution in [3.8, 4) is 0 Å². The van der Waals surface area contributed by atoms with Crippen molar-refractivity contribution >= 4 is 24.0 Å². The number of anilines is 1. The van der Waals surface area contributed by atoms with Crippen molar-refractivity contribution in [2.75, 3.05) is 18.0 Å². The Balaban J connectivity index is 1.26. The van der Waals surface area contributed by atoms with Crippen LogP contribution in [0.5, 0.6) is 0 Å². The third-order valence-electron chi connectivity index (χ3n) is 6.60. The van der Waals surface area contributed by atoms with Crippen LogP contribution in [0, 0.1) is 29.4 Å². The first-order valence-corrected chi connectivity index (χ1v) is 10.6. The fourth-order valence-electron chi connectivity index (χ4n) is 5.16. The second kappa shape index (κ2) is 7.92. The number of aromatic nitrogens is 2. The summed E-state index contributed by atoms with van der Waals surface area (Å²) >= 11 is 0. The zero-order valence-electron chi connectivity index (χ0n) is 17.2. The lowest BCUT2D eigenvalue weighted by Crippen LogP contribution is -2.33. The largest absolute Gasteiger partial charge is 0.364 e. The number of primary amides is 1. The van der Waals surface area contributed by atoms with Gasteiger partial charge in [-0.1, -0.05) is 0 Å². The van der Waals surface area contributed by atoms with Gasteiger partial charge in [0.15, 0.2) is 0 Å². The molecule has 0 radical (unpaired) electrons. The van der Waals surface area contributed by atoms with Gasteiger partial charge in [-0.25, -0.2) is 23.8 Å². The Hall–Kier alpha value is -3.43. The Morgan fingerprint density at radius 2 is 1.75 bits per heavy atom. The molecule has 1 aromatic heterocycles. The van der Waals surface area contributed by atoms with Crippen LogP contribution >= 0.6 is 0 Å². The van der Waals surface area contributed by atoms with Crippen molar-refractivity contribution < 1.29 is 18.4 Å². The highest BCUT2D eigenvalue weighted by molar-refractivity contribution is 5.90. The van der Waals surface area contributed by atoms with Crippen molar-refractivity contribution in [1.82, 2.24) is 15.0 Å². The molecule has 0 bridgehead atoms. The summed E-state index contributed by atoms with van der Waals surface area (Å²) in [4.78, 5) is 35.2. The van der Waals surface area contributed by atoms with Crippen molar-refractivity contribution in [3.05, 3.63) is 53.4 Å². The number of hydrogen-bond acceptors (Lipinski definition) is 6. The predicted octanol–water partition coefficient (Wildman–Crippen LogP) is 2.28. The van der Waals surface area contributed by atoms with Crippen LogP contribution in [-0.2, 0) is 4.79 Å². The summed E-state index contributed by atoms with van der Waals surface area (Å²) in [6.07, 6.45) is 4.96. The summed E-state index contributed by atoms with van der Waals surface area (Å²) in [6.45, 7) is 1.39. The molecule has 10 heteroatoms. The van der Waals surface area contributed by atoms with E-state index in [1.165, 1.54) is 29.4 Å². The number of carbonyl (C=O) groups is 2. The molecule has 2 aromatic rings. The molecule has 3 heterocycles. The number of rotatable bonds is 4. The van der Waals surface area contributed by atoms with E-state index >= 15 is 0 Å². The van der Waals surface area contributed by atoms with Gasteiger partial charge in [0.25, 0.3) is 5.91 Å². The van der Waals surface area contributed by atoms with E-state index < -0.39 is 23.6 Å². The van der Waals surface area contributed by atoms with E-state index in [4.69, 9.17) is 5.73 Å². The van der Waals surface area contributed by atoms with Gasteiger partial charge in [-0.15, -0.1) is 0 Å². The highest BCUT2D eigenvalue weighted by atomic mass is 19.1. The maximum absolute atomic E-state index is 13.7. The van der Waals surface area contributed by atoms with Crippen molar-refractivity contribution in [2.24, 2.45) is 28.6 Å². The molecule has 1 saturated heterocycles. The fraction of sp³-hybridized carbons (Fsp3) is 0.409. The molecule has 3 aliphatic rings. The normalized spacial score (nSPS) is 26.6. The summed E-state index contributed by atoms with van der Waals surface area (Å²) in [6, 6.07) is 4.32. The summed E-state index contributed by atoms with van der Waals surface area (Å²) in [5.41, 5.74) is 5.89. The molecule has 0 spiro atoms. The summed E-state index contributed by atoms with van der Waals surface area (Å²) < 4.78 is 27.4. The molecular weight excluding hydrogens is 418 g/mol. The lowest BCUT2D eigenvalue weighted by Gasteiger charge is -2.26. The number of fused-ring (bicyclic) bond motifs is 1. The topological polar surface area (TPSA) is 105 Å². The van der Waals surface area contributed by atoms with Crippen LogP contribution in [0.25, 0.3) is 0 Å². The zero-order valence-corrected chi connectivity index (χ0v) is 17.2. The van der Waals surface area contributed by atoms with Crippen molar-refractivity contribution in [1.29, 1.82) is 0 Å². The van der Waals surface area contributed by atoms with Crippen LogP contribution in [0.1, 0.15) is 41.4 Å². The molecule has 32 heavy (non-hydrogen) atoms.